The van der Waals surface area contributed by atoms with E-state index in [9.17, 15) is 4.79 Å². The smallest absolute Gasteiger partial charge is 0.410 e. The van der Waals surface area contributed by atoms with E-state index in [0.717, 1.165) is 5.56 Å². The van der Waals surface area contributed by atoms with Crippen molar-refractivity contribution in [3.63, 3.8) is 0 Å². The Bertz CT molecular complexity index is 686. The normalized spacial score (nSPS) is 15.2. The van der Waals surface area contributed by atoms with Crippen LogP contribution in [-0.4, -0.2) is 34.7 Å². The lowest BCUT2D eigenvalue weighted by molar-refractivity contribution is 0.00820. The van der Waals surface area contributed by atoms with Crippen LogP contribution < -0.4 is 0 Å². The Kier molecular flexibility index (Phi) is 4.07. The maximum atomic E-state index is 12.0. The quantitative estimate of drug-likeness (QED) is 0.839. The van der Waals surface area contributed by atoms with Gasteiger partial charge >= 0.3 is 6.09 Å². The molecule has 3 rings (SSSR count). The standard InChI is InChI=1S/C19H22N2O2/c1-19(2,3)23-18(22)21-12-17(13-21)16-6-4-5-15(11-16)14-7-9-20-10-8-14/h4-11,17H,12-13H2,1-3H3. The number of amides is 1. The van der Waals surface area contributed by atoms with Gasteiger partial charge in [-0.05, 0) is 49.6 Å². The van der Waals surface area contributed by atoms with Gasteiger partial charge in [0.05, 0.1) is 0 Å². The molecule has 2 heterocycles. The molecule has 1 aliphatic heterocycles. The molecule has 1 amide bonds. The molecule has 1 aromatic carbocycles. The van der Waals surface area contributed by atoms with Crippen molar-refractivity contribution in [1.29, 1.82) is 0 Å². The Morgan fingerprint density at radius 3 is 2.48 bits per heavy atom. The van der Waals surface area contributed by atoms with E-state index in [1.54, 1.807) is 17.3 Å². The van der Waals surface area contributed by atoms with Crippen LogP contribution in [0.4, 0.5) is 4.79 Å². The second-order valence-electron chi connectivity index (χ2n) is 6.94. The zero-order valence-electron chi connectivity index (χ0n) is 13.8. The van der Waals surface area contributed by atoms with E-state index in [1.807, 2.05) is 32.9 Å². The molecule has 0 N–H and O–H groups in total. The third-order valence-corrected chi connectivity index (χ3v) is 3.90. The number of rotatable bonds is 2. The van der Waals surface area contributed by atoms with Gasteiger partial charge in [-0.25, -0.2) is 4.79 Å². The second-order valence-corrected chi connectivity index (χ2v) is 6.94. The summed E-state index contributed by atoms with van der Waals surface area (Å²) in [6.07, 6.45) is 3.38. The number of aromatic nitrogens is 1. The topological polar surface area (TPSA) is 42.4 Å². The molecule has 0 unspecified atom stereocenters. The highest BCUT2D eigenvalue weighted by molar-refractivity contribution is 5.70. The minimum Gasteiger partial charge on any atom is -0.444 e. The van der Waals surface area contributed by atoms with Crippen LogP contribution in [0.1, 0.15) is 32.3 Å². The van der Waals surface area contributed by atoms with Gasteiger partial charge in [0.1, 0.15) is 5.60 Å². The lowest BCUT2D eigenvalue weighted by Crippen LogP contribution is -2.50. The highest BCUT2D eigenvalue weighted by Gasteiger charge is 2.34. The third kappa shape index (κ3) is 3.70. The van der Waals surface area contributed by atoms with Crippen LogP contribution >= 0.6 is 0 Å². The van der Waals surface area contributed by atoms with Crippen molar-refractivity contribution < 1.29 is 9.53 Å². The first kappa shape index (κ1) is 15.5. The number of pyridine rings is 1. The summed E-state index contributed by atoms with van der Waals surface area (Å²) in [6.45, 7) is 7.10. The lowest BCUT2D eigenvalue weighted by Gasteiger charge is -2.40. The molecule has 1 aromatic heterocycles. The minimum absolute atomic E-state index is 0.223. The number of benzene rings is 1. The number of carbonyl (C=O) groups excluding carboxylic acids is 1. The lowest BCUT2D eigenvalue weighted by atomic mass is 9.90. The predicted octanol–water partition coefficient (Wildman–Crippen LogP) is 4.08. The largest absolute Gasteiger partial charge is 0.444 e. The minimum atomic E-state index is -0.441. The molecule has 2 aromatic rings. The molecule has 4 heteroatoms. The van der Waals surface area contributed by atoms with E-state index >= 15 is 0 Å². The SMILES string of the molecule is CC(C)(C)OC(=O)N1CC(c2cccc(-c3ccncc3)c2)C1. The van der Waals surface area contributed by atoms with Crippen molar-refractivity contribution in [3.8, 4) is 11.1 Å². The second kappa shape index (κ2) is 6.03. The first-order chi connectivity index (χ1) is 10.9. The molecule has 1 saturated heterocycles. The Morgan fingerprint density at radius 2 is 1.83 bits per heavy atom. The average molecular weight is 310 g/mol. The van der Waals surface area contributed by atoms with Crippen LogP contribution in [0.3, 0.4) is 0 Å². The molecule has 0 radical (unpaired) electrons. The van der Waals surface area contributed by atoms with Gasteiger partial charge in [0.15, 0.2) is 0 Å². The van der Waals surface area contributed by atoms with Gasteiger partial charge in [0.25, 0.3) is 0 Å². The molecule has 120 valence electrons. The molecule has 0 spiro atoms. The van der Waals surface area contributed by atoms with Gasteiger partial charge in [0.2, 0.25) is 0 Å². The first-order valence-corrected chi connectivity index (χ1v) is 7.91. The monoisotopic (exact) mass is 310 g/mol. The zero-order valence-corrected chi connectivity index (χ0v) is 13.8. The molecule has 1 fully saturated rings. The highest BCUT2D eigenvalue weighted by Crippen LogP contribution is 2.31. The highest BCUT2D eigenvalue weighted by atomic mass is 16.6. The Labute approximate surface area is 137 Å². The first-order valence-electron chi connectivity index (χ1n) is 7.91. The van der Waals surface area contributed by atoms with Crippen molar-refractivity contribution in [3.05, 3.63) is 54.4 Å². The summed E-state index contributed by atoms with van der Waals surface area (Å²) in [5.41, 5.74) is 3.16. The van der Waals surface area contributed by atoms with E-state index in [1.165, 1.54) is 11.1 Å². The molecule has 0 bridgehead atoms. The molecular formula is C19H22N2O2. The van der Waals surface area contributed by atoms with Gasteiger partial charge in [-0.1, -0.05) is 24.3 Å². The zero-order chi connectivity index (χ0) is 16.4. The van der Waals surface area contributed by atoms with E-state index in [-0.39, 0.29) is 6.09 Å². The number of carbonyl (C=O) groups is 1. The van der Waals surface area contributed by atoms with Crippen molar-refractivity contribution in [2.24, 2.45) is 0 Å². The summed E-state index contributed by atoms with van der Waals surface area (Å²) in [7, 11) is 0. The summed E-state index contributed by atoms with van der Waals surface area (Å²) in [6, 6.07) is 12.5. The number of hydrogen-bond donors (Lipinski definition) is 0. The molecule has 1 aliphatic rings. The number of likely N-dealkylation sites (tertiary alicyclic amines) is 1. The van der Waals surface area contributed by atoms with Gasteiger partial charge in [-0.3, -0.25) is 4.98 Å². The van der Waals surface area contributed by atoms with E-state index in [4.69, 9.17) is 4.74 Å². The van der Waals surface area contributed by atoms with Crippen LogP contribution in [0.25, 0.3) is 11.1 Å². The summed E-state index contributed by atoms with van der Waals surface area (Å²) in [5, 5.41) is 0. The molecule has 4 nitrogen and oxygen atoms in total. The summed E-state index contributed by atoms with van der Waals surface area (Å²) in [5.74, 6) is 0.379. The number of nitrogens with zero attached hydrogens (tertiary/aromatic N) is 2. The summed E-state index contributed by atoms with van der Waals surface area (Å²) >= 11 is 0. The van der Waals surface area contributed by atoms with Crippen molar-refractivity contribution >= 4 is 6.09 Å². The van der Waals surface area contributed by atoms with Crippen LogP contribution in [-0.2, 0) is 4.74 Å². The third-order valence-electron chi connectivity index (χ3n) is 3.90. The van der Waals surface area contributed by atoms with E-state index < -0.39 is 5.60 Å². The fraction of sp³-hybridized carbons (Fsp3) is 0.368. The molecule has 23 heavy (non-hydrogen) atoms. The Balaban J connectivity index is 1.65. The van der Waals surface area contributed by atoms with Gasteiger partial charge in [-0.15, -0.1) is 0 Å². The number of hydrogen-bond acceptors (Lipinski definition) is 3. The van der Waals surface area contributed by atoms with Gasteiger partial charge in [-0.2, -0.15) is 0 Å². The average Bonchev–Trinajstić information content (AvgIpc) is 2.45. The van der Waals surface area contributed by atoms with Crippen molar-refractivity contribution in [2.75, 3.05) is 13.1 Å². The van der Waals surface area contributed by atoms with E-state index in [2.05, 4.69) is 29.2 Å². The molecule has 0 atom stereocenters. The van der Waals surface area contributed by atoms with Crippen LogP contribution in [0, 0.1) is 0 Å². The Hall–Kier alpha value is -2.36. The number of ether oxygens (including phenoxy) is 1. The predicted molar refractivity (Wildman–Crippen MR) is 90.2 cm³/mol. The van der Waals surface area contributed by atoms with Crippen molar-refractivity contribution in [2.45, 2.75) is 32.3 Å². The van der Waals surface area contributed by atoms with Crippen molar-refractivity contribution in [1.82, 2.24) is 9.88 Å². The fourth-order valence-electron chi connectivity index (χ4n) is 2.68. The van der Waals surface area contributed by atoms with Crippen LogP contribution in [0.15, 0.2) is 48.8 Å². The molecule has 0 aliphatic carbocycles. The van der Waals surface area contributed by atoms with Gasteiger partial charge < -0.3 is 9.64 Å². The summed E-state index contributed by atoms with van der Waals surface area (Å²) < 4.78 is 5.40. The fourth-order valence-corrected chi connectivity index (χ4v) is 2.68. The molecule has 0 saturated carbocycles. The summed E-state index contributed by atoms with van der Waals surface area (Å²) in [4.78, 5) is 17.8. The van der Waals surface area contributed by atoms with Gasteiger partial charge in [0, 0.05) is 31.4 Å². The Morgan fingerprint density at radius 1 is 1.13 bits per heavy atom. The molecular weight excluding hydrogens is 288 g/mol. The van der Waals surface area contributed by atoms with E-state index in [0.29, 0.717) is 19.0 Å². The maximum absolute atomic E-state index is 12.0. The van der Waals surface area contributed by atoms with Crippen LogP contribution in [0.5, 0.6) is 0 Å². The van der Waals surface area contributed by atoms with Crippen LogP contribution in [0.2, 0.25) is 0 Å². The maximum Gasteiger partial charge on any atom is 0.410 e.